The predicted octanol–water partition coefficient (Wildman–Crippen LogP) is 6.75. The van der Waals surface area contributed by atoms with Crippen molar-refractivity contribution in [2.24, 2.45) is 5.10 Å². The normalized spacial score (nSPS) is 14.4. The standard InChI is InChI=1S/C29H21ClN2O2/c30-26-19-22(16-17-27(26)34-20-21-10-4-1-5-11-21)18-25-28(23-12-6-2-7-13-23)31-32(29(25)33)24-14-8-3-9-15-24/h1-19H,20H2/b25-18-. The Bertz CT molecular complexity index is 1370. The molecule has 5 rings (SSSR count). The van der Waals surface area contributed by atoms with E-state index in [0.717, 1.165) is 16.7 Å². The van der Waals surface area contributed by atoms with Gasteiger partial charge in [0, 0.05) is 5.56 Å². The molecule has 0 bridgehead atoms. The third-order valence-electron chi connectivity index (χ3n) is 5.43. The number of para-hydroxylation sites is 1. The summed E-state index contributed by atoms with van der Waals surface area (Å²) in [5, 5.41) is 6.58. The van der Waals surface area contributed by atoms with Gasteiger partial charge in [-0.25, -0.2) is 0 Å². The third-order valence-corrected chi connectivity index (χ3v) is 5.73. The van der Waals surface area contributed by atoms with Gasteiger partial charge in [0.05, 0.1) is 16.3 Å². The van der Waals surface area contributed by atoms with Crippen molar-refractivity contribution in [3.05, 3.63) is 136 Å². The van der Waals surface area contributed by atoms with Crippen LogP contribution in [0.5, 0.6) is 5.75 Å². The van der Waals surface area contributed by atoms with Crippen molar-refractivity contribution in [1.82, 2.24) is 0 Å². The van der Waals surface area contributed by atoms with Crippen LogP contribution in [0.4, 0.5) is 5.69 Å². The number of hydrogen-bond donors (Lipinski definition) is 0. The number of anilines is 1. The highest BCUT2D eigenvalue weighted by Crippen LogP contribution is 2.30. The largest absolute Gasteiger partial charge is 0.487 e. The molecule has 0 N–H and O–H groups in total. The van der Waals surface area contributed by atoms with E-state index >= 15 is 0 Å². The molecule has 0 spiro atoms. The topological polar surface area (TPSA) is 41.9 Å². The molecule has 0 unspecified atom stereocenters. The summed E-state index contributed by atoms with van der Waals surface area (Å²) < 4.78 is 5.88. The van der Waals surface area contributed by atoms with Crippen LogP contribution >= 0.6 is 11.6 Å². The van der Waals surface area contributed by atoms with Gasteiger partial charge in [0.2, 0.25) is 0 Å². The molecular weight excluding hydrogens is 444 g/mol. The van der Waals surface area contributed by atoms with Crippen LogP contribution in [0.25, 0.3) is 6.08 Å². The summed E-state index contributed by atoms with van der Waals surface area (Å²) in [7, 11) is 0. The Morgan fingerprint density at radius 2 is 1.47 bits per heavy atom. The Morgan fingerprint density at radius 1 is 0.824 bits per heavy atom. The van der Waals surface area contributed by atoms with E-state index in [1.54, 1.807) is 6.07 Å². The second-order valence-electron chi connectivity index (χ2n) is 7.79. The van der Waals surface area contributed by atoms with Crippen molar-refractivity contribution >= 4 is 35.0 Å². The Hall–Kier alpha value is -4.15. The first-order chi connectivity index (χ1) is 16.7. The van der Waals surface area contributed by atoms with Crippen molar-refractivity contribution < 1.29 is 9.53 Å². The van der Waals surface area contributed by atoms with Crippen molar-refractivity contribution in [3.8, 4) is 5.75 Å². The zero-order valence-corrected chi connectivity index (χ0v) is 19.0. The molecule has 0 saturated heterocycles. The molecule has 0 radical (unpaired) electrons. The first-order valence-electron chi connectivity index (χ1n) is 10.9. The highest BCUT2D eigenvalue weighted by molar-refractivity contribution is 6.37. The van der Waals surface area contributed by atoms with Gasteiger partial charge in [-0.05, 0) is 41.5 Å². The van der Waals surface area contributed by atoms with Gasteiger partial charge in [-0.2, -0.15) is 10.1 Å². The summed E-state index contributed by atoms with van der Waals surface area (Å²) in [6, 6.07) is 34.5. The molecule has 1 aliphatic rings. The van der Waals surface area contributed by atoms with E-state index in [2.05, 4.69) is 5.10 Å². The summed E-state index contributed by atoms with van der Waals surface area (Å²) in [5.41, 5.74) is 4.56. The second kappa shape index (κ2) is 9.77. The molecule has 166 valence electrons. The minimum Gasteiger partial charge on any atom is -0.487 e. The zero-order chi connectivity index (χ0) is 23.3. The van der Waals surface area contributed by atoms with Crippen LogP contribution in [0.15, 0.2) is 120 Å². The Morgan fingerprint density at radius 3 is 2.15 bits per heavy atom. The highest BCUT2D eigenvalue weighted by atomic mass is 35.5. The van der Waals surface area contributed by atoms with Gasteiger partial charge >= 0.3 is 0 Å². The Balaban J connectivity index is 1.45. The number of amides is 1. The van der Waals surface area contributed by atoms with Gasteiger partial charge in [0.25, 0.3) is 5.91 Å². The van der Waals surface area contributed by atoms with E-state index in [0.29, 0.717) is 34.4 Å². The minimum absolute atomic E-state index is 0.189. The van der Waals surface area contributed by atoms with E-state index in [-0.39, 0.29) is 5.91 Å². The Labute approximate surface area is 203 Å². The van der Waals surface area contributed by atoms with Gasteiger partial charge in [-0.15, -0.1) is 0 Å². The van der Waals surface area contributed by atoms with Gasteiger partial charge in [0.15, 0.2) is 0 Å². The van der Waals surface area contributed by atoms with Crippen molar-refractivity contribution in [2.75, 3.05) is 5.01 Å². The maximum Gasteiger partial charge on any atom is 0.281 e. The molecule has 0 atom stereocenters. The fourth-order valence-electron chi connectivity index (χ4n) is 3.72. The molecule has 34 heavy (non-hydrogen) atoms. The number of nitrogens with zero attached hydrogens (tertiary/aromatic N) is 2. The smallest absolute Gasteiger partial charge is 0.281 e. The number of carbonyl (C=O) groups is 1. The molecule has 4 aromatic rings. The number of hydrogen-bond acceptors (Lipinski definition) is 3. The summed E-state index contributed by atoms with van der Waals surface area (Å²) in [6.45, 7) is 0.427. The molecule has 0 saturated carbocycles. The van der Waals surface area contributed by atoms with Crippen LogP contribution in [0.3, 0.4) is 0 Å². The molecule has 1 aliphatic heterocycles. The zero-order valence-electron chi connectivity index (χ0n) is 18.3. The van der Waals surface area contributed by atoms with E-state index in [1.165, 1.54) is 5.01 Å². The van der Waals surface area contributed by atoms with Crippen molar-refractivity contribution in [1.29, 1.82) is 0 Å². The number of rotatable bonds is 6. The number of hydrazone groups is 1. The fourth-order valence-corrected chi connectivity index (χ4v) is 3.97. The SMILES string of the molecule is O=C1/C(=C\c2ccc(OCc3ccccc3)c(Cl)c2)C(c2ccccc2)=NN1c1ccccc1. The van der Waals surface area contributed by atoms with E-state index in [9.17, 15) is 4.79 Å². The van der Waals surface area contributed by atoms with Crippen LogP contribution in [-0.2, 0) is 11.4 Å². The van der Waals surface area contributed by atoms with Crippen LogP contribution < -0.4 is 9.75 Å². The molecule has 0 aromatic heterocycles. The summed E-state index contributed by atoms with van der Waals surface area (Å²) >= 11 is 6.52. The van der Waals surface area contributed by atoms with Crippen LogP contribution in [0.1, 0.15) is 16.7 Å². The predicted molar refractivity (Wildman–Crippen MR) is 137 cm³/mol. The van der Waals surface area contributed by atoms with Crippen LogP contribution in [-0.4, -0.2) is 11.6 Å². The average Bonchev–Trinajstić information content (AvgIpc) is 3.21. The molecular formula is C29H21ClN2O2. The lowest BCUT2D eigenvalue weighted by molar-refractivity contribution is -0.114. The van der Waals surface area contributed by atoms with Crippen molar-refractivity contribution in [3.63, 3.8) is 0 Å². The average molecular weight is 465 g/mol. The summed E-state index contributed by atoms with van der Waals surface area (Å²) in [4.78, 5) is 13.4. The molecule has 4 nitrogen and oxygen atoms in total. The van der Waals surface area contributed by atoms with Crippen molar-refractivity contribution in [2.45, 2.75) is 6.61 Å². The first-order valence-corrected chi connectivity index (χ1v) is 11.3. The summed E-state index contributed by atoms with van der Waals surface area (Å²) in [6.07, 6.45) is 1.82. The van der Waals surface area contributed by atoms with E-state index < -0.39 is 0 Å². The highest BCUT2D eigenvalue weighted by Gasteiger charge is 2.31. The second-order valence-corrected chi connectivity index (χ2v) is 8.20. The molecule has 5 heteroatoms. The lowest BCUT2D eigenvalue weighted by Crippen LogP contribution is -2.21. The van der Waals surface area contributed by atoms with E-state index in [4.69, 9.17) is 16.3 Å². The van der Waals surface area contributed by atoms with Crippen LogP contribution in [0, 0.1) is 0 Å². The number of ether oxygens (including phenoxy) is 1. The molecule has 0 aliphatic carbocycles. The number of carbonyl (C=O) groups excluding carboxylic acids is 1. The lowest BCUT2D eigenvalue weighted by Gasteiger charge is -2.11. The fraction of sp³-hybridized carbons (Fsp3) is 0.0345. The maximum absolute atomic E-state index is 13.4. The molecule has 1 heterocycles. The minimum atomic E-state index is -0.189. The quantitative estimate of drug-likeness (QED) is 0.296. The van der Waals surface area contributed by atoms with Gasteiger partial charge in [-0.1, -0.05) is 96.5 Å². The molecule has 1 amide bonds. The number of halogens is 1. The van der Waals surface area contributed by atoms with Gasteiger partial charge in [0.1, 0.15) is 18.1 Å². The van der Waals surface area contributed by atoms with Gasteiger partial charge < -0.3 is 4.74 Å². The summed E-state index contributed by atoms with van der Waals surface area (Å²) in [5.74, 6) is 0.402. The van der Waals surface area contributed by atoms with Gasteiger partial charge in [-0.3, -0.25) is 4.79 Å². The third kappa shape index (κ3) is 4.63. The Kier molecular flexibility index (Phi) is 6.23. The maximum atomic E-state index is 13.4. The monoisotopic (exact) mass is 464 g/mol. The van der Waals surface area contributed by atoms with E-state index in [1.807, 2.05) is 109 Å². The molecule has 0 fully saturated rings. The molecule has 4 aromatic carbocycles. The first kappa shape index (κ1) is 21.7. The van der Waals surface area contributed by atoms with Crippen LogP contribution in [0.2, 0.25) is 5.02 Å². The number of benzene rings is 4. The lowest BCUT2D eigenvalue weighted by atomic mass is 10.0.